The van der Waals surface area contributed by atoms with E-state index in [9.17, 15) is 8.42 Å². The van der Waals surface area contributed by atoms with Crippen LogP contribution in [-0.2, 0) is 16.4 Å². The summed E-state index contributed by atoms with van der Waals surface area (Å²) in [6.45, 7) is 2.90. The molecule has 1 N–H and O–H groups in total. The van der Waals surface area contributed by atoms with Crippen molar-refractivity contribution in [1.82, 2.24) is 19.3 Å². The van der Waals surface area contributed by atoms with E-state index in [-0.39, 0.29) is 11.4 Å². The summed E-state index contributed by atoms with van der Waals surface area (Å²) in [6, 6.07) is 10.4. The molecule has 0 radical (unpaired) electrons. The number of benzene rings is 1. The summed E-state index contributed by atoms with van der Waals surface area (Å²) in [6.07, 6.45) is 1.42. The average molecular weight is 449 g/mol. The number of thiophene rings is 1. The first-order valence-corrected chi connectivity index (χ1v) is 12.4. The summed E-state index contributed by atoms with van der Waals surface area (Å²) in [5.41, 5.74) is 0.923. The van der Waals surface area contributed by atoms with Crippen LogP contribution in [0.25, 0.3) is 15.7 Å². The van der Waals surface area contributed by atoms with E-state index in [0.717, 1.165) is 22.0 Å². The largest absolute Gasteiger partial charge is 0.494 e. The maximum atomic E-state index is 12.5. The molecule has 10 heteroatoms. The first kappa shape index (κ1) is 20.0. The molecule has 3 aromatic heterocycles. The van der Waals surface area contributed by atoms with Crippen LogP contribution in [0.1, 0.15) is 19.0 Å². The van der Waals surface area contributed by atoms with Crippen LogP contribution in [0.2, 0.25) is 0 Å². The van der Waals surface area contributed by atoms with Crippen molar-refractivity contribution in [3.63, 3.8) is 0 Å². The lowest BCUT2D eigenvalue weighted by atomic mass is 10.3. The molecule has 0 aliphatic heterocycles. The van der Waals surface area contributed by atoms with Gasteiger partial charge in [0.2, 0.25) is 15.0 Å². The van der Waals surface area contributed by atoms with Crippen LogP contribution in [0.15, 0.2) is 52.1 Å². The van der Waals surface area contributed by atoms with Gasteiger partial charge in [-0.3, -0.25) is 0 Å². The number of aromatic nitrogens is 3. The zero-order chi connectivity index (χ0) is 20.3. The number of hydrogen-bond donors (Lipinski definition) is 1. The number of fused-ring (bicyclic) bond motifs is 1. The maximum absolute atomic E-state index is 12.5. The van der Waals surface area contributed by atoms with Crippen molar-refractivity contribution in [2.75, 3.05) is 13.2 Å². The molecule has 0 aliphatic carbocycles. The number of nitrogens with zero attached hydrogens (tertiary/aromatic N) is 3. The second-order valence-electron chi connectivity index (χ2n) is 6.30. The number of rotatable bonds is 9. The Balaban J connectivity index is 1.40. The highest BCUT2D eigenvalue weighted by atomic mass is 32.2. The minimum Gasteiger partial charge on any atom is -0.494 e. The van der Waals surface area contributed by atoms with Gasteiger partial charge in [0.05, 0.1) is 22.1 Å². The van der Waals surface area contributed by atoms with E-state index in [1.165, 1.54) is 11.3 Å². The van der Waals surface area contributed by atoms with Gasteiger partial charge in [0.25, 0.3) is 0 Å². The molecule has 3 heterocycles. The van der Waals surface area contributed by atoms with Crippen molar-refractivity contribution in [1.29, 1.82) is 0 Å². The Morgan fingerprint density at radius 2 is 2.00 bits per heavy atom. The van der Waals surface area contributed by atoms with E-state index in [0.29, 0.717) is 24.6 Å². The summed E-state index contributed by atoms with van der Waals surface area (Å²) in [7, 11) is -3.58. The fourth-order valence-corrected chi connectivity index (χ4v) is 5.28. The smallest absolute Gasteiger partial charge is 0.240 e. The minimum atomic E-state index is -3.58. The number of hydrogen-bond acceptors (Lipinski definition) is 7. The zero-order valence-corrected chi connectivity index (χ0v) is 18.2. The van der Waals surface area contributed by atoms with Crippen molar-refractivity contribution in [2.24, 2.45) is 0 Å². The monoisotopic (exact) mass is 448 g/mol. The molecule has 0 amide bonds. The molecule has 0 aliphatic rings. The van der Waals surface area contributed by atoms with Gasteiger partial charge < -0.3 is 4.74 Å². The van der Waals surface area contributed by atoms with Crippen LogP contribution in [0, 0.1) is 0 Å². The van der Waals surface area contributed by atoms with E-state index in [4.69, 9.17) is 4.74 Å². The van der Waals surface area contributed by atoms with Crippen molar-refractivity contribution >= 4 is 37.7 Å². The summed E-state index contributed by atoms with van der Waals surface area (Å²) >= 11 is 3.09. The van der Waals surface area contributed by atoms with Crippen LogP contribution in [0.5, 0.6) is 5.75 Å². The highest BCUT2D eigenvalue weighted by Gasteiger charge is 2.15. The van der Waals surface area contributed by atoms with Crippen LogP contribution in [0.3, 0.4) is 0 Å². The summed E-state index contributed by atoms with van der Waals surface area (Å²) in [5.74, 6) is 1.36. The van der Waals surface area contributed by atoms with Gasteiger partial charge in [0, 0.05) is 18.3 Å². The van der Waals surface area contributed by atoms with Gasteiger partial charge in [0.1, 0.15) is 5.75 Å². The van der Waals surface area contributed by atoms with Gasteiger partial charge in [-0.15, -0.1) is 27.8 Å². The number of sulfonamides is 1. The first-order valence-electron chi connectivity index (χ1n) is 9.16. The SMILES string of the molecule is CCCOc1ccc(S(=O)(=O)NCCc2csc3nc(-c4cccs4)nn23)cc1. The molecular formula is C19H20N4O3S3. The van der Waals surface area contributed by atoms with Crippen LogP contribution in [-0.4, -0.2) is 36.2 Å². The zero-order valence-electron chi connectivity index (χ0n) is 15.7. The Morgan fingerprint density at radius 3 is 2.72 bits per heavy atom. The lowest BCUT2D eigenvalue weighted by Gasteiger charge is -2.08. The second-order valence-corrected chi connectivity index (χ2v) is 9.85. The van der Waals surface area contributed by atoms with Gasteiger partial charge in [0.15, 0.2) is 5.82 Å². The maximum Gasteiger partial charge on any atom is 0.240 e. The van der Waals surface area contributed by atoms with Crippen molar-refractivity contribution in [3.8, 4) is 16.5 Å². The standard InChI is InChI=1S/C19H20N4O3S3/c1-2-11-26-15-5-7-16(8-6-15)29(24,25)20-10-9-14-13-28-19-21-18(22-23(14)19)17-4-3-12-27-17/h3-8,12-13,20H,2,9-11H2,1H3. The Bertz CT molecular complexity index is 1180. The average Bonchev–Trinajstić information content (AvgIpc) is 3.44. The summed E-state index contributed by atoms with van der Waals surface area (Å²) in [5, 5.41) is 8.51. The molecule has 4 rings (SSSR count). The summed E-state index contributed by atoms with van der Waals surface area (Å²) < 4.78 is 35.0. The molecule has 0 bridgehead atoms. The fraction of sp³-hybridized carbons (Fsp3) is 0.263. The lowest BCUT2D eigenvalue weighted by Crippen LogP contribution is -2.26. The molecule has 0 spiro atoms. The number of ether oxygens (including phenoxy) is 1. The van der Waals surface area contributed by atoms with Gasteiger partial charge >= 0.3 is 0 Å². The molecule has 7 nitrogen and oxygen atoms in total. The second kappa shape index (κ2) is 8.62. The predicted octanol–water partition coefficient (Wildman–Crippen LogP) is 3.83. The molecule has 0 fully saturated rings. The lowest BCUT2D eigenvalue weighted by molar-refractivity contribution is 0.317. The predicted molar refractivity (Wildman–Crippen MR) is 115 cm³/mol. The van der Waals surface area contributed by atoms with Gasteiger partial charge in [-0.2, -0.15) is 4.98 Å². The highest BCUT2D eigenvalue weighted by Crippen LogP contribution is 2.24. The third kappa shape index (κ3) is 4.50. The van der Waals surface area contributed by atoms with Gasteiger partial charge in [-0.05, 0) is 42.1 Å². The fourth-order valence-electron chi connectivity index (χ4n) is 2.74. The van der Waals surface area contributed by atoms with E-state index >= 15 is 0 Å². The van der Waals surface area contributed by atoms with Gasteiger partial charge in [-0.1, -0.05) is 13.0 Å². The Kier molecular flexibility index (Phi) is 5.95. The summed E-state index contributed by atoms with van der Waals surface area (Å²) in [4.78, 5) is 6.57. The molecule has 152 valence electrons. The normalized spacial score (nSPS) is 11.9. The Hall–Kier alpha value is -2.27. The number of thiazole rings is 1. The van der Waals surface area contributed by atoms with E-state index in [2.05, 4.69) is 14.8 Å². The third-order valence-electron chi connectivity index (χ3n) is 4.17. The third-order valence-corrected chi connectivity index (χ3v) is 7.38. The van der Waals surface area contributed by atoms with E-state index in [1.807, 2.05) is 29.8 Å². The molecular weight excluding hydrogens is 428 g/mol. The molecule has 4 aromatic rings. The van der Waals surface area contributed by atoms with E-state index in [1.54, 1.807) is 40.1 Å². The van der Waals surface area contributed by atoms with Crippen molar-refractivity contribution in [3.05, 3.63) is 52.9 Å². The quantitative estimate of drug-likeness (QED) is 0.421. The minimum absolute atomic E-state index is 0.220. The van der Waals surface area contributed by atoms with Crippen molar-refractivity contribution < 1.29 is 13.2 Å². The molecule has 0 saturated carbocycles. The molecule has 0 saturated heterocycles. The van der Waals surface area contributed by atoms with Crippen LogP contribution >= 0.6 is 22.7 Å². The topological polar surface area (TPSA) is 85.6 Å². The highest BCUT2D eigenvalue weighted by molar-refractivity contribution is 7.89. The Labute approximate surface area is 177 Å². The van der Waals surface area contributed by atoms with Crippen LogP contribution in [0.4, 0.5) is 0 Å². The van der Waals surface area contributed by atoms with Crippen LogP contribution < -0.4 is 9.46 Å². The first-order chi connectivity index (χ1) is 14.1. The molecule has 0 unspecified atom stereocenters. The molecule has 29 heavy (non-hydrogen) atoms. The van der Waals surface area contributed by atoms with Crippen molar-refractivity contribution in [2.45, 2.75) is 24.7 Å². The number of nitrogens with one attached hydrogen (secondary N) is 1. The Morgan fingerprint density at radius 1 is 1.17 bits per heavy atom. The van der Waals surface area contributed by atoms with Gasteiger partial charge in [-0.25, -0.2) is 17.7 Å². The van der Waals surface area contributed by atoms with E-state index < -0.39 is 10.0 Å². The molecule has 0 atom stereocenters. The molecule has 1 aromatic carbocycles.